The second kappa shape index (κ2) is 6.95. The molecule has 29 heavy (non-hydrogen) atoms. The van der Waals surface area contributed by atoms with Crippen molar-refractivity contribution in [3.05, 3.63) is 0 Å². The molecule has 11 atom stereocenters. The van der Waals surface area contributed by atoms with E-state index in [4.69, 9.17) is 9.47 Å². The first-order valence-electron chi connectivity index (χ1n) is 12.2. The molecule has 1 saturated heterocycles. The van der Waals surface area contributed by atoms with Gasteiger partial charge in [0, 0.05) is 11.8 Å². The predicted molar refractivity (Wildman–Crippen MR) is 111 cm³/mol. The number of hydrogen-bond acceptors (Lipinski definition) is 4. The summed E-state index contributed by atoms with van der Waals surface area (Å²) in [5.41, 5.74) is 0.635. The molecule has 4 saturated carbocycles. The Morgan fingerprint density at radius 3 is 2.76 bits per heavy atom. The summed E-state index contributed by atoms with van der Waals surface area (Å²) in [4.78, 5) is 11.7. The molecular weight excluding hydrogens is 364 g/mol. The third kappa shape index (κ3) is 2.87. The summed E-state index contributed by atoms with van der Waals surface area (Å²) in [6.07, 6.45) is 10.7. The number of aliphatic hydroxyl groups excluding tert-OH is 1. The highest BCUT2D eigenvalue weighted by molar-refractivity contribution is 5.69. The molecule has 4 nitrogen and oxygen atoms in total. The molecule has 5 rings (SSSR count). The molecule has 5 fully saturated rings. The Kier molecular flexibility index (Phi) is 4.87. The number of rotatable bonds is 4. The van der Waals surface area contributed by atoms with Gasteiger partial charge in [-0.05, 0) is 92.3 Å². The van der Waals surface area contributed by atoms with Crippen LogP contribution in [0.4, 0.5) is 0 Å². The van der Waals surface area contributed by atoms with Gasteiger partial charge in [-0.25, -0.2) is 0 Å². The van der Waals surface area contributed by atoms with E-state index in [0.717, 1.165) is 31.1 Å². The van der Waals surface area contributed by atoms with E-state index in [-0.39, 0.29) is 17.5 Å². The topological polar surface area (TPSA) is 59.1 Å². The summed E-state index contributed by atoms with van der Waals surface area (Å²) < 4.78 is 11.5. The van der Waals surface area contributed by atoms with Crippen molar-refractivity contribution in [1.29, 1.82) is 0 Å². The van der Waals surface area contributed by atoms with Crippen molar-refractivity contribution in [3.63, 3.8) is 0 Å². The van der Waals surface area contributed by atoms with Crippen molar-refractivity contribution in [2.75, 3.05) is 7.11 Å². The van der Waals surface area contributed by atoms with E-state index in [1.807, 2.05) is 0 Å². The number of carbonyl (C=O) groups is 1. The van der Waals surface area contributed by atoms with Gasteiger partial charge in [-0.3, -0.25) is 4.79 Å². The maximum absolute atomic E-state index is 11.7. The first-order chi connectivity index (χ1) is 13.8. The molecule has 0 aromatic heterocycles. The first kappa shape index (κ1) is 20.3. The third-order valence-electron chi connectivity index (χ3n) is 10.7. The fourth-order valence-electron chi connectivity index (χ4n) is 9.21. The van der Waals surface area contributed by atoms with Crippen LogP contribution in [0.15, 0.2) is 0 Å². The van der Waals surface area contributed by atoms with Gasteiger partial charge in [-0.2, -0.15) is 0 Å². The largest absolute Gasteiger partial charge is 0.469 e. The molecule has 1 heterocycles. The number of ether oxygens (including phenoxy) is 2. The van der Waals surface area contributed by atoms with Gasteiger partial charge < -0.3 is 14.6 Å². The minimum Gasteiger partial charge on any atom is -0.469 e. The smallest absolute Gasteiger partial charge is 0.305 e. The Balaban J connectivity index is 1.37. The fraction of sp³-hybridized carbons (Fsp3) is 0.960. The number of esters is 1. The number of epoxide rings is 1. The summed E-state index contributed by atoms with van der Waals surface area (Å²) in [5, 5.41) is 10.3. The molecule has 0 amide bonds. The SMILES string of the molecule is COC(=O)CC[C@@H](C)[C@H]1CC[C@H]2[C@@H]3CC[C@H]4C[C@@H](O)CC[C@]4(C)[C@H]3[C@@H]3O[C@H]3[C@]12C. The van der Waals surface area contributed by atoms with Crippen molar-refractivity contribution < 1.29 is 19.4 Å². The second-order valence-corrected chi connectivity index (χ2v) is 11.7. The minimum atomic E-state index is -0.0825. The predicted octanol–water partition coefficient (Wildman–Crippen LogP) is 4.58. The van der Waals surface area contributed by atoms with Gasteiger partial charge in [0.25, 0.3) is 0 Å². The summed E-state index contributed by atoms with van der Waals surface area (Å²) in [6, 6.07) is 0. The standard InChI is InChI=1S/C25H40O4/c1-14(5-10-20(27)28-4)18-8-9-19-17-7-6-15-13-16(26)11-12-24(15,2)21(17)22-23(29-22)25(18,19)3/h14-19,21-23,26H,5-13H2,1-4H3/t14-,15+,16+,17+,18-,19+,21-,22+,23-,24+,25-/m1/s1. The van der Waals surface area contributed by atoms with Crippen LogP contribution < -0.4 is 0 Å². The molecule has 0 radical (unpaired) electrons. The van der Waals surface area contributed by atoms with E-state index < -0.39 is 0 Å². The highest BCUT2D eigenvalue weighted by Crippen LogP contribution is 2.73. The lowest BCUT2D eigenvalue weighted by molar-refractivity contribution is -0.141. The zero-order chi connectivity index (χ0) is 20.6. The summed E-state index contributed by atoms with van der Waals surface area (Å²) >= 11 is 0. The van der Waals surface area contributed by atoms with Crippen LogP contribution in [0, 0.1) is 46.3 Å². The maximum Gasteiger partial charge on any atom is 0.305 e. The molecular formula is C25H40O4. The summed E-state index contributed by atoms with van der Waals surface area (Å²) in [5.74, 6) is 4.06. The van der Waals surface area contributed by atoms with Crippen molar-refractivity contribution in [1.82, 2.24) is 0 Å². The molecule has 0 spiro atoms. The lowest BCUT2D eigenvalue weighted by Gasteiger charge is -2.59. The molecule has 4 heteroatoms. The van der Waals surface area contributed by atoms with Gasteiger partial charge in [0.05, 0.1) is 25.4 Å². The van der Waals surface area contributed by atoms with Crippen molar-refractivity contribution in [3.8, 4) is 0 Å². The summed E-state index contributed by atoms with van der Waals surface area (Å²) in [6.45, 7) is 7.42. The molecule has 0 unspecified atom stereocenters. The lowest BCUT2D eigenvalue weighted by Crippen LogP contribution is -2.57. The van der Waals surface area contributed by atoms with Crippen LogP contribution in [-0.2, 0) is 14.3 Å². The van der Waals surface area contributed by atoms with Gasteiger partial charge in [-0.15, -0.1) is 0 Å². The van der Waals surface area contributed by atoms with Crippen molar-refractivity contribution in [2.45, 2.75) is 96.9 Å². The monoisotopic (exact) mass is 404 g/mol. The van der Waals surface area contributed by atoms with Gasteiger partial charge >= 0.3 is 5.97 Å². The Bertz CT molecular complexity index is 663. The quantitative estimate of drug-likeness (QED) is 0.550. The number of carbonyl (C=O) groups excluding carboxylic acids is 1. The fourth-order valence-corrected chi connectivity index (χ4v) is 9.21. The Labute approximate surface area is 176 Å². The minimum absolute atomic E-state index is 0.0773. The van der Waals surface area contributed by atoms with Gasteiger partial charge in [0.15, 0.2) is 0 Å². The molecule has 0 aromatic rings. The molecule has 0 aromatic carbocycles. The first-order valence-corrected chi connectivity index (χ1v) is 12.2. The van der Waals surface area contributed by atoms with Crippen LogP contribution in [0.3, 0.4) is 0 Å². The maximum atomic E-state index is 11.7. The van der Waals surface area contributed by atoms with E-state index in [2.05, 4.69) is 20.8 Å². The molecule has 4 aliphatic carbocycles. The third-order valence-corrected chi connectivity index (χ3v) is 10.7. The van der Waals surface area contributed by atoms with Gasteiger partial charge in [0.1, 0.15) is 0 Å². The average Bonchev–Trinajstić information content (AvgIpc) is 3.42. The highest BCUT2D eigenvalue weighted by atomic mass is 16.6. The second-order valence-electron chi connectivity index (χ2n) is 11.7. The van der Waals surface area contributed by atoms with E-state index in [9.17, 15) is 9.90 Å². The van der Waals surface area contributed by atoms with E-state index in [0.29, 0.717) is 47.7 Å². The number of fused-ring (bicyclic) bond motifs is 8. The lowest BCUT2D eigenvalue weighted by atomic mass is 9.44. The Hall–Kier alpha value is -0.610. The molecule has 5 aliphatic rings. The number of methoxy groups -OCH3 is 1. The van der Waals surface area contributed by atoms with E-state index in [1.165, 1.54) is 39.2 Å². The van der Waals surface area contributed by atoms with E-state index in [1.54, 1.807) is 0 Å². The van der Waals surface area contributed by atoms with Crippen LogP contribution in [0.25, 0.3) is 0 Å². The van der Waals surface area contributed by atoms with Gasteiger partial charge in [-0.1, -0.05) is 20.8 Å². The molecule has 164 valence electrons. The zero-order valence-corrected chi connectivity index (χ0v) is 18.7. The van der Waals surface area contributed by atoms with Crippen LogP contribution >= 0.6 is 0 Å². The van der Waals surface area contributed by atoms with Crippen molar-refractivity contribution >= 4 is 5.97 Å². The van der Waals surface area contributed by atoms with Crippen LogP contribution in [0.2, 0.25) is 0 Å². The Morgan fingerprint density at radius 2 is 2.00 bits per heavy atom. The van der Waals surface area contributed by atoms with Crippen LogP contribution in [-0.4, -0.2) is 36.5 Å². The normalized spacial score (nSPS) is 53.8. The van der Waals surface area contributed by atoms with E-state index >= 15 is 0 Å². The van der Waals surface area contributed by atoms with Gasteiger partial charge in [0.2, 0.25) is 0 Å². The van der Waals surface area contributed by atoms with Crippen LogP contribution in [0.1, 0.15) is 78.6 Å². The number of hydrogen-bond donors (Lipinski definition) is 1. The molecule has 1 aliphatic heterocycles. The number of aliphatic hydroxyl groups is 1. The molecule has 1 N–H and O–H groups in total. The van der Waals surface area contributed by atoms with Crippen molar-refractivity contribution in [2.24, 2.45) is 46.3 Å². The molecule has 0 bridgehead atoms. The highest BCUT2D eigenvalue weighted by Gasteiger charge is 2.73. The average molecular weight is 405 g/mol. The zero-order valence-electron chi connectivity index (χ0n) is 18.7. The van der Waals surface area contributed by atoms with Crippen LogP contribution in [0.5, 0.6) is 0 Å². The Morgan fingerprint density at radius 1 is 1.21 bits per heavy atom. The summed E-state index contributed by atoms with van der Waals surface area (Å²) in [7, 11) is 1.49.